The van der Waals surface area contributed by atoms with Crippen LogP contribution in [0.15, 0.2) is 48.5 Å². The third-order valence-corrected chi connectivity index (χ3v) is 4.06. The molecule has 21 heavy (non-hydrogen) atoms. The van der Waals surface area contributed by atoms with Crippen molar-refractivity contribution in [3.8, 4) is 11.4 Å². The van der Waals surface area contributed by atoms with E-state index >= 15 is 0 Å². The van der Waals surface area contributed by atoms with E-state index in [1.165, 1.54) is 11.1 Å². The molecular formula is C16H15N5. The topological polar surface area (TPSA) is 69.6 Å². The van der Waals surface area contributed by atoms with Crippen molar-refractivity contribution in [3.05, 3.63) is 59.7 Å². The van der Waals surface area contributed by atoms with Gasteiger partial charge in [0.05, 0.1) is 6.54 Å². The third kappa shape index (κ3) is 2.07. The molecule has 2 N–H and O–H groups in total. The Hall–Kier alpha value is -2.69. The van der Waals surface area contributed by atoms with E-state index in [0.717, 1.165) is 30.0 Å². The predicted molar refractivity (Wildman–Crippen MR) is 80.6 cm³/mol. The van der Waals surface area contributed by atoms with Gasteiger partial charge in [0.2, 0.25) is 0 Å². The molecule has 0 saturated carbocycles. The highest BCUT2D eigenvalue weighted by Gasteiger charge is 2.27. The summed E-state index contributed by atoms with van der Waals surface area (Å²) < 4.78 is 1.88. The van der Waals surface area contributed by atoms with E-state index in [4.69, 9.17) is 5.73 Å². The van der Waals surface area contributed by atoms with Crippen LogP contribution in [0, 0.1) is 0 Å². The molecule has 5 heteroatoms. The highest BCUT2D eigenvalue weighted by molar-refractivity contribution is 5.58. The van der Waals surface area contributed by atoms with Gasteiger partial charge in [-0.25, -0.2) is 4.68 Å². The zero-order chi connectivity index (χ0) is 14.2. The van der Waals surface area contributed by atoms with Crippen molar-refractivity contribution in [3.63, 3.8) is 0 Å². The summed E-state index contributed by atoms with van der Waals surface area (Å²) in [6.07, 6.45) is 1.09. The fourth-order valence-corrected chi connectivity index (χ4v) is 2.90. The van der Waals surface area contributed by atoms with E-state index < -0.39 is 0 Å². The van der Waals surface area contributed by atoms with Crippen LogP contribution in [0.25, 0.3) is 11.4 Å². The molecule has 4 rings (SSSR count). The molecule has 0 radical (unpaired) electrons. The molecule has 1 aliphatic rings. The van der Waals surface area contributed by atoms with Crippen LogP contribution in [-0.4, -0.2) is 20.2 Å². The Morgan fingerprint density at radius 3 is 2.71 bits per heavy atom. The van der Waals surface area contributed by atoms with Crippen molar-refractivity contribution >= 4 is 5.69 Å². The molecule has 3 aromatic rings. The number of rotatable bonds is 3. The van der Waals surface area contributed by atoms with E-state index in [1.807, 2.05) is 28.9 Å². The summed E-state index contributed by atoms with van der Waals surface area (Å²) in [5.41, 5.74) is 10.3. The van der Waals surface area contributed by atoms with Gasteiger partial charge in [-0.3, -0.25) is 0 Å². The number of nitrogens with two attached hydrogens (primary N) is 1. The van der Waals surface area contributed by atoms with Gasteiger partial charge in [-0.2, -0.15) is 0 Å². The Morgan fingerprint density at radius 2 is 1.90 bits per heavy atom. The molecule has 1 heterocycles. The van der Waals surface area contributed by atoms with Gasteiger partial charge in [-0.15, -0.1) is 5.10 Å². The van der Waals surface area contributed by atoms with Crippen molar-refractivity contribution in [2.24, 2.45) is 0 Å². The van der Waals surface area contributed by atoms with Crippen LogP contribution >= 0.6 is 0 Å². The molecule has 1 aromatic heterocycles. The molecule has 104 valence electrons. The summed E-state index contributed by atoms with van der Waals surface area (Å²) in [6.45, 7) is 0.809. The van der Waals surface area contributed by atoms with Crippen LogP contribution in [0.3, 0.4) is 0 Å². The SMILES string of the molecule is Nc1ccc(-c2nnnn2CC2Cc3ccccc32)cc1. The first-order valence-electron chi connectivity index (χ1n) is 7.01. The van der Waals surface area contributed by atoms with Gasteiger partial charge in [-0.05, 0) is 52.2 Å². The van der Waals surface area contributed by atoms with Crippen LogP contribution in [0.4, 0.5) is 5.69 Å². The zero-order valence-electron chi connectivity index (χ0n) is 11.5. The molecule has 0 aliphatic heterocycles. The lowest BCUT2D eigenvalue weighted by molar-refractivity contribution is 0.469. The molecule has 5 nitrogen and oxygen atoms in total. The fraction of sp³-hybridized carbons (Fsp3) is 0.188. The van der Waals surface area contributed by atoms with Gasteiger partial charge in [0, 0.05) is 17.2 Å². The lowest BCUT2D eigenvalue weighted by Crippen LogP contribution is -2.22. The van der Waals surface area contributed by atoms with Gasteiger partial charge < -0.3 is 5.73 Å². The quantitative estimate of drug-likeness (QED) is 0.745. The fourth-order valence-electron chi connectivity index (χ4n) is 2.90. The second kappa shape index (κ2) is 4.70. The number of fused-ring (bicyclic) bond motifs is 1. The zero-order valence-corrected chi connectivity index (χ0v) is 11.5. The second-order valence-corrected chi connectivity index (χ2v) is 5.41. The largest absolute Gasteiger partial charge is 0.399 e. The maximum Gasteiger partial charge on any atom is 0.182 e. The number of hydrogen-bond donors (Lipinski definition) is 1. The van der Waals surface area contributed by atoms with Crippen LogP contribution in [0.5, 0.6) is 0 Å². The number of anilines is 1. The second-order valence-electron chi connectivity index (χ2n) is 5.41. The Bertz CT molecular complexity index is 775. The molecule has 1 unspecified atom stereocenters. The average Bonchev–Trinajstić information content (AvgIpc) is 2.94. The van der Waals surface area contributed by atoms with Crippen LogP contribution in [-0.2, 0) is 13.0 Å². The standard InChI is InChI=1S/C16H15N5/c17-14-7-5-11(6-8-14)16-18-19-20-21(16)10-13-9-12-3-1-2-4-15(12)13/h1-8,13H,9-10,17H2. The number of tetrazole rings is 1. The van der Waals surface area contributed by atoms with Crippen molar-refractivity contribution in [1.29, 1.82) is 0 Å². The highest BCUT2D eigenvalue weighted by Crippen LogP contribution is 2.36. The Balaban J connectivity index is 1.61. The van der Waals surface area contributed by atoms with Crippen molar-refractivity contribution in [2.45, 2.75) is 18.9 Å². The van der Waals surface area contributed by atoms with E-state index in [1.54, 1.807) is 0 Å². The first-order chi connectivity index (χ1) is 10.3. The molecular weight excluding hydrogens is 262 g/mol. The molecule has 1 atom stereocenters. The molecule has 2 aromatic carbocycles. The van der Waals surface area contributed by atoms with Crippen LogP contribution < -0.4 is 5.73 Å². The van der Waals surface area contributed by atoms with Gasteiger partial charge >= 0.3 is 0 Å². The number of benzene rings is 2. The average molecular weight is 277 g/mol. The monoisotopic (exact) mass is 277 g/mol. The molecule has 0 amide bonds. The molecule has 0 fully saturated rings. The Kier molecular flexibility index (Phi) is 2.70. The van der Waals surface area contributed by atoms with Crippen molar-refractivity contribution in [1.82, 2.24) is 20.2 Å². The minimum atomic E-state index is 0.497. The Morgan fingerprint density at radius 1 is 1.10 bits per heavy atom. The third-order valence-electron chi connectivity index (χ3n) is 4.06. The first kappa shape index (κ1) is 12.1. The lowest BCUT2D eigenvalue weighted by Gasteiger charge is -2.29. The number of nitrogens with zero attached hydrogens (tertiary/aromatic N) is 4. The summed E-state index contributed by atoms with van der Waals surface area (Å²) in [5.74, 6) is 1.29. The van der Waals surface area contributed by atoms with E-state index in [0.29, 0.717) is 5.92 Å². The Labute approximate surface area is 122 Å². The van der Waals surface area contributed by atoms with Crippen LogP contribution in [0.2, 0.25) is 0 Å². The van der Waals surface area contributed by atoms with Crippen molar-refractivity contribution in [2.75, 3.05) is 5.73 Å². The molecule has 0 bridgehead atoms. The number of nitrogen functional groups attached to an aromatic ring is 1. The maximum absolute atomic E-state index is 5.72. The van der Waals surface area contributed by atoms with Gasteiger partial charge in [0.1, 0.15) is 0 Å². The molecule has 0 spiro atoms. The predicted octanol–water partition coefficient (Wildman–Crippen LogP) is 2.26. The summed E-state index contributed by atoms with van der Waals surface area (Å²) in [4.78, 5) is 0. The summed E-state index contributed by atoms with van der Waals surface area (Å²) in [6, 6.07) is 16.2. The minimum Gasteiger partial charge on any atom is -0.399 e. The summed E-state index contributed by atoms with van der Waals surface area (Å²) >= 11 is 0. The van der Waals surface area contributed by atoms with Gasteiger partial charge in [0.25, 0.3) is 0 Å². The maximum atomic E-state index is 5.72. The van der Waals surface area contributed by atoms with E-state index in [9.17, 15) is 0 Å². The smallest absolute Gasteiger partial charge is 0.182 e. The molecule has 1 aliphatic carbocycles. The summed E-state index contributed by atoms with van der Waals surface area (Å²) in [7, 11) is 0. The van der Waals surface area contributed by atoms with Crippen molar-refractivity contribution < 1.29 is 0 Å². The van der Waals surface area contributed by atoms with Gasteiger partial charge in [-0.1, -0.05) is 24.3 Å². The highest BCUT2D eigenvalue weighted by atomic mass is 15.5. The van der Waals surface area contributed by atoms with Crippen LogP contribution in [0.1, 0.15) is 17.0 Å². The number of aromatic nitrogens is 4. The number of hydrogen-bond acceptors (Lipinski definition) is 4. The normalized spacial score (nSPS) is 16.3. The minimum absolute atomic E-state index is 0.497. The lowest BCUT2D eigenvalue weighted by atomic mass is 9.77. The first-order valence-corrected chi connectivity index (χ1v) is 7.01. The van der Waals surface area contributed by atoms with E-state index in [-0.39, 0.29) is 0 Å². The summed E-state index contributed by atoms with van der Waals surface area (Å²) in [5, 5.41) is 12.1. The van der Waals surface area contributed by atoms with E-state index in [2.05, 4.69) is 39.8 Å². The van der Waals surface area contributed by atoms with Gasteiger partial charge in [0.15, 0.2) is 5.82 Å². The molecule has 0 saturated heterocycles.